The van der Waals surface area contributed by atoms with Crippen molar-refractivity contribution in [2.45, 2.75) is 53.7 Å². The molecule has 1 atom stereocenters. The first-order valence-corrected chi connectivity index (χ1v) is 10.3. The molecule has 0 saturated heterocycles. The van der Waals surface area contributed by atoms with Crippen molar-refractivity contribution in [3.05, 3.63) is 54.0 Å². The molecule has 0 radical (unpaired) electrons. The number of esters is 1. The molecule has 0 saturated carbocycles. The maximum Gasteiger partial charge on any atom is 0.302 e. The minimum atomic E-state index is -0.270. The predicted octanol–water partition coefficient (Wildman–Crippen LogP) is 5.70. The molecule has 0 spiro atoms. The van der Waals surface area contributed by atoms with Gasteiger partial charge in [0.1, 0.15) is 0 Å². The van der Waals surface area contributed by atoms with E-state index in [0.717, 1.165) is 40.3 Å². The van der Waals surface area contributed by atoms with E-state index in [1.165, 1.54) is 6.92 Å². The molecular formula is C25H34N2O3. The van der Waals surface area contributed by atoms with Gasteiger partial charge in [-0.05, 0) is 44.0 Å². The molecule has 0 amide bonds. The van der Waals surface area contributed by atoms with Crippen molar-refractivity contribution in [2.24, 2.45) is 5.41 Å². The highest BCUT2D eigenvalue weighted by molar-refractivity contribution is 5.78. The van der Waals surface area contributed by atoms with Crippen LogP contribution in [0.15, 0.2) is 31.5 Å². The lowest BCUT2D eigenvalue weighted by Crippen LogP contribution is -2.24. The van der Waals surface area contributed by atoms with Gasteiger partial charge in [-0.15, -0.1) is 0 Å². The van der Waals surface area contributed by atoms with Gasteiger partial charge in [0.05, 0.1) is 24.1 Å². The molecule has 5 heteroatoms. The lowest BCUT2D eigenvalue weighted by Gasteiger charge is -2.25. The van der Waals surface area contributed by atoms with Gasteiger partial charge in [0.25, 0.3) is 0 Å². The highest BCUT2D eigenvalue weighted by Gasteiger charge is 2.29. The average molecular weight is 411 g/mol. The Morgan fingerprint density at radius 1 is 1.33 bits per heavy atom. The lowest BCUT2D eigenvalue weighted by atomic mass is 9.83. The normalized spacial score (nSPS) is 12.5. The zero-order valence-corrected chi connectivity index (χ0v) is 19.1. The molecule has 162 valence electrons. The fourth-order valence-corrected chi connectivity index (χ4v) is 3.85. The average Bonchev–Trinajstić information content (AvgIpc) is 3.03. The smallest absolute Gasteiger partial charge is 0.302 e. The number of carbonyl (C=O) groups is 1. The van der Waals surface area contributed by atoms with Crippen LogP contribution in [0.2, 0.25) is 0 Å². The zero-order chi connectivity index (χ0) is 22.5. The number of aromatic nitrogens is 2. The van der Waals surface area contributed by atoms with Gasteiger partial charge in [-0.25, -0.2) is 0 Å². The molecule has 0 aliphatic carbocycles. The van der Waals surface area contributed by atoms with Gasteiger partial charge in [0.2, 0.25) is 0 Å². The van der Waals surface area contributed by atoms with Gasteiger partial charge < -0.3 is 14.0 Å². The quantitative estimate of drug-likeness (QED) is 0.472. The Balaban J connectivity index is 2.77. The Bertz CT molecular complexity index is 925. The van der Waals surface area contributed by atoms with Crippen molar-refractivity contribution in [3.8, 4) is 11.3 Å². The highest BCUT2D eigenvalue weighted by Crippen LogP contribution is 2.40. The summed E-state index contributed by atoms with van der Waals surface area (Å²) in [6.45, 7) is 19.0. The number of ether oxygens (including phenoxy) is 2. The fourth-order valence-electron chi connectivity index (χ4n) is 3.85. The first-order chi connectivity index (χ1) is 14.2. The predicted molar refractivity (Wildman–Crippen MR) is 123 cm³/mol. The van der Waals surface area contributed by atoms with Crippen molar-refractivity contribution in [1.82, 2.24) is 9.55 Å². The van der Waals surface area contributed by atoms with Crippen molar-refractivity contribution < 1.29 is 14.3 Å². The van der Waals surface area contributed by atoms with Crippen molar-refractivity contribution in [2.75, 3.05) is 13.7 Å². The van der Waals surface area contributed by atoms with E-state index < -0.39 is 0 Å². The summed E-state index contributed by atoms with van der Waals surface area (Å²) in [5.41, 5.74) is 5.98. The van der Waals surface area contributed by atoms with Crippen LogP contribution < -0.4 is 0 Å². The molecule has 2 rings (SSSR count). The molecule has 0 aliphatic rings. The number of hydrogen-bond acceptors (Lipinski definition) is 4. The van der Waals surface area contributed by atoms with Crippen LogP contribution in [0.4, 0.5) is 0 Å². The molecule has 0 aromatic carbocycles. The van der Waals surface area contributed by atoms with E-state index in [-0.39, 0.29) is 17.5 Å². The topological polar surface area (TPSA) is 53.4 Å². The van der Waals surface area contributed by atoms with E-state index in [1.807, 2.05) is 25.1 Å². The Morgan fingerprint density at radius 3 is 2.57 bits per heavy atom. The first kappa shape index (κ1) is 23.6. The van der Waals surface area contributed by atoms with E-state index in [4.69, 9.17) is 9.47 Å². The number of methoxy groups -OCH3 is 1. The molecule has 1 unspecified atom stereocenters. The molecule has 2 aromatic heterocycles. The SMILES string of the molecule is C=Cc1c(CC(C)(C)COC(C)=O)c(-c2cccnc2C(C)OC)n(CC)c1C=C. The van der Waals surface area contributed by atoms with Gasteiger partial charge in [-0.1, -0.05) is 33.1 Å². The van der Waals surface area contributed by atoms with E-state index in [0.29, 0.717) is 13.0 Å². The Morgan fingerprint density at radius 2 is 2.03 bits per heavy atom. The summed E-state index contributed by atoms with van der Waals surface area (Å²) >= 11 is 0. The van der Waals surface area contributed by atoms with E-state index in [9.17, 15) is 4.79 Å². The Hall–Kier alpha value is -2.66. The molecule has 5 nitrogen and oxygen atoms in total. The zero-order valence-electron chi connectivity index (χ0n) is 19.1. The lowest BCUT2D eigenvalue weighted by molar-refractivity contribution is -0.143. The fraction of sp³-hybridized carbons (Fsp3) is 0.440. The van der Waals surface area contributed by atoms with Gasteiger partial charge in [0, 0.05) is 49.0 Å². The summed E-state index contributed by atoms with van der Waals surface area (Å²) < 4.78 is 13.2. The van der Waals surface area contributed by atoms with Gasteiger partial charge in [-0.2, -0.15) is 0 Å². The maximum absolute atomic E-state index is 11.4. The van der Waals surface area contributed by atoms with Crippen molar-refractivity contribution in [3.63, 3.8) is 0 Å². The van der Waals surface area contributed by atoms with Gasteiger partial charge in [0.15, 0.2) is 0 Å². The second kappa shape index (κ2) is 9.90. The second-order valence-corrected chi connectivity index (χ2v) is 8.21. The van der Waals surface area contributed by atoms with Crippen LogP contribution in [0.1, 0.15) is 63.2 Å². The summed E-state index contributed by atoms with van der Waals surface area (Å²) in [6, 6.07) is 4.03. The number of carbonyl (C=O) groups excluding carboxylic acids is 1. The third-order valence-corrected chi connectivity index (χ3v) is 5.32. The molecule has 0 aliphatic heterocycles. The van der Waals surface area contributed by atoms with E-state index in [2.05, 4.69) is 49.5 Å². The number of hydrogen-bond donors (Lipinski definition) is 0. The third-order valence-electron chi connectivity index (χ3n) is 5.32. The maximum atomic E-state index is 11.4. The second-order valence-electron chi connectivity index (χ2n) is 8.21. The Labute approximate surface area is 180 Å². The number of pyridine rings is 1. The van der Waals surface area contributed by atoms with Crippen LogP contribution in [-0.4, -0.2) is 29.2 Å². The van der Waals surface area contributed by atoms with Crippen LogP contribution in [0.3, 0.4) is 0 Å². The number of rotatable bonds is 10. The number of nitrogens with zero attached hydrogens (tertiary/aromatic N) is 2. The summed E-state index contributed by atoms with van der Waals surface area (Å²) in [5.74, 6) is -0.270. The summed E-state index contributed by atoms with van der Waals surface area (Å²) in [4.78, 5) is 16.0. The van der Waals surface area contributed by atoms with Crippen molar-refractivity contribution in [1.29, 1.82) is 0 Å². The molecule has 2 heterocycles. The monoisotopic (exact) mass is 410 g/mol. The standard InChI is InChI=1S/C25H34N2O3/c1-9-19-21(15-25(6,7)16-30-18(5)28)24(27(11-3)22(19)10-2)20-13-12-14-26-23(20)17(4)29-8/h9-10,12-14,17H,1-2,11,15-16H2,3-8H3. The molecule has 0 bridgehead atoms. The summed E-state index contributed by atoms with van der Waals surface area (Å²) in [6.07, 6.45) is 6.12. The van der Waals surface area contributed by atoms with E-state index in [1.54, 1.807) is 13.3 Å². The first-order valence-electron chi connectivity index (χ1n) is 10.3. The highest BCUT2D eigenvalue weighted by atomic mass is 16.5. The third kappa shape index (κ3) is 4.90. The van der Waals surface area contributed by atoms with Gasteiger partial charge >= 0.3 is 5.97 Å². The van der Waals surface area contributed by atoms with E-state index >= 15 is 0 Å². The largest absolute Gasteiger partial charge is 0.465 e. The van der Waals surface area contributed by atoms with Crippen LogP contribution in [-0.2, 0) is 27.2 Å². The molecule has 30 heavy (non-hydrogen) atoms. The van der Waals surface area contributed by atoms with Crippen LogP contribution in [0, 0.1) is 5.41 Å². The van der Waals surface area contributed by atoms with Crippen molar-refractivity contribution >= 4 is 18.1 Å². The minimum Gasteiger partial charge on any atom is -0.465 e. The molecule has 2 aromatic rings. The Kier molecular flexibility index (Phi) is 7.79. The van der Waals surface area contributed by atoms with Crippen LogP contribution >= 0.6 is 0 Å². The summed E-state index contributed by atoms with van der Waals surface area (Å²) in [7, 11) is 1.69. The summed E-state index contributed by atoms with van der Waals surface area (Å²) in [5, 5.41) is 0. The van der Waals surface area contributed by atoms with Crippen LogP contribution in [0.25, 0.3) is 23.4 Å². The molecule has 0 fully saturated rings. The molecule has 0 N–H and O–H groups in total. The van der Waals surface area contributed by atoms with Crippen LogP contribution in [0.5, 0.6) is 0 Å². The minimum absolute atomic E-state index is 0.150. The molecular weight excluding hydrogens is 376 g/mol. The van der Waals surface area contributed by atoms with Gasteiger partial charge in [-0.3, -0.25) is 9.78 Å².